The molecule has 0 unspecified atom stereocenters. The summed E-state index contributed by atoms with van der Waals surface area (Å²) in [6, 6.07) is 9.74. The number of nitrogens with zero attached hydrogens (tertiary/aromatic N) is 1. The number of ether oxygens (including phenoxy) is 2. The van der Waals surface area contributed by atoms with Gasteiger partial charge in [0, 0.05) is 17.1 Å². The van der Waals surface area contributed by atoms with E-state index in [-0.39, 0.29) is 5.56 Å². The number of hydrogen-bond donors (Lipinski definition) is 3. The zero-order valence-corrected chi connectivity index (χ0v) is 18.9. The highest BCUT2D eigenvalue weighted by Crippen LogP contribution is 2.38. The second-order valence-corrected chi connectivity index (χ2v) is 8.36. The molecule has 1 saturated carbocycles. The van der Waals surface area contributed by atoms with Gasteiger partial charge in [-0.2, -0.15) is 0 Å². The lowest BCUT2D eigenvalue weighted by Crippen LogP contribution is -2.19. The summed E-state index contributed by atoms with van der Waals surface area (Å²) in [5.41, 5.74) is 7.48. The minimum absolute atomic E-state index is 0.00839. The first kappa shape index (κ1) is 22.5. The number of fused-ring (bicyclic) bond motifs is 1. The second-order valence-electron chi connectivity index (χ2n) is 8.36. The van der Waals surface area contributed by atoms with Gasteiger partial charge in [0.05, 0.1) is 19.7 Å². The molecule has 2 amide bonds. The van der Waals surface area contributed by atoms with Gasteiger partial charge in [0.25, 0.3) is 5.91 Å². The van der Waals surface area contributed by atoms with Gasteiger partial charge in [0.2, 0.25) is 5.88 Å². The average molecular weight is 452 g/mol. The Hall–Kier alpha value is -3.68. The number of hydrogen-bond acceptors (Lipinski definition) is 5. The number of methoxy groups -OCH3 is 2. The summed E-state index contributed by atoms with van der Waals surface area (Å²) in [7, 11) is 3.03. The van der Waals surface area contributed by atoms with Crippen molar-refractivity contribution in [3.63, 3.8) is 0 Å². The van der Waals surface area contributed by atoms with Crippen molar-refractivity contribution in [1.29, 1.82) is 0 Å². The lowest BCUT2D eigenvalue weighted by molar-refractivity contribution is 0.102. The van der Waals surface area contributed by atoms with Crippen LogP contribution in [0, 0.1) is 0 Å². The summed E-state index contributed by atoms with van der Waals surface area (Å²) < 4.78 is 11.5. The van der Waals surface area contributed by atoms with Crippen LogP contribution in [0.15, 0.2) is 36.4 Å². The largest absolute Gasteiger partial charge is 0.494 e. The number of carbonyl (C=O) groups excluding carboxylic acids is 2. The van der Waals surface area contributed by atoms with Crippen LogP contribution >= 0.6 is 0 Å². The molecule has 8 heteroatoms. The molecule has 174 valence electrons. The monoisotopic (exact) mass is 451 g/mol. The Balaban J connectivity index is 1.76. The van der Waals surface area contributed by atoms with Crippen molar-refractivity contribution in [2.75, 3.05) is 19.5 Å². The van der Waals surface area contributed by atoms with Crippen LogP contribution in [0.25, 0.3) is 10.9 Å². The molecule has 1 aliphatic rings. The van der Waals surface area contributed by atoms with Gasteiger partial charge >= 0.3 is 6.03 Å². The van der Waals surface area contributed by atoms with E-state index in [9.17, 15) is 14.7 Å². The van der Waals surface area contributed by atoms with E-state index < -0.39 is 17.8 Å². The van der Waals surface area contributed by atoms with E-state index in [2.05, 4.69) is 5.32 Å². The molecule has 1 fully saturated rings. The SMILES string of the molecule is COc1ccc(NC(=O)c2c(O)n(C(N)=O)c3ccc(C4CCCCCC4)cc23)cc1OC. The molecule has 1 heterocycles. The highest BCUT2D eigenvalue weighted by molar-refractivity contribution is 6.17. The molecule has 0 bridgehead atoms. The van der Waals surface area contributed by atoms with Crippen molar-refractivity contribution in [2.45, 2.75) is 44.4 Å². The molecule has 1 aromatic heterocycles. The van der Waals surface area contributed by atoms with Gasteiger partial charge < -0.3 is 25.6 Å². The van der Waals surface area contributed by atoms with Gasteiger partial charge in [-0.3, -0.25) is 4.79 Å². The smallest absolute Gasteiger partial charge is 0.326 e. The minimum atomic E-state index is -0.857. The maximum atomic E-state index is 13.3. The number of amides is 2. The topological polar surface area (TPSA) is 116 Å². The van der Waals surface area contributed by atoms with E-state index in [1.165, 1.54) is 39.9 Å². The number of nitrogens with one attached hydrogen (secondary N) is 1. The second kappa shape index (κ2) is 9.44. The highest BCUT2D eigenvalue weighted by atomic mass is 16.5. The number of nitrogens with two attached hydrogens (primary N) is 1. The quantitative estimate of drug-likeness (QED) is 0.473. The molecule has 0 atom stereocenters. The Morgan fingerprint density at radius 1 is 1.00 bits per heavy atom. The van der Waals surface area contributed by atoms with Gasteiger partial charge in [-0.1, -0.05) is 31.7 Å². The molecule has 33 heavy (non-hydrogen) atoms. The Bertz CT molecular complexity index is 1190. The van der Waals surface area contributed by atoms with Gasteiger partial charge in [-0.15, -0.1) is 0 Å². The normalized spacial score (nSPS) is 14.6. The summed E-state index contributed by atoms with van der Waals surface area (Å²) >= 11 is 0. The molecule has 3 aromatic rings. The number of aromatic hydroxyl groups is 1. The molecule has 4 N–H and O–H groups in total. The van der Waals surface area contributed by atoms with E-state index in [0.29, 0.717) is 34.0 Å². The van der Waals surface area contributed by atoms with Crippen molar-refractivity contribution in [1.82, 2.24) is 4.57 Å². The fourth-order valence-electron chi connectivity index (χ4n) is 4.72. The molecule has 1 aliphatic carbocycles. The van der Waals surface area contributed by atoms with Crippen molar-refractivity contribution in [3.05, 3.63) is 47.5 Å². The number of carbonyl (C=O) groups is 2. The molecule has 0 aliphatic heterocycles. The fourth-order valence-corrected chi connectivity index (χ4v) is 4.72. The molecule has 8 nitrogen and oxygen atoms in total. The van der Waals surface area contributed by atoms with Crippen LogP contribution in [0.4, 0.5) is 10.5 Å². The van der Waals surface area contributed by atoms with Crippen LogP contribution in [0.2, 0.25) is 0 Å². The first-order valence-corrected chi connectivity index (χ1v) is 11.1. The summed E-state index contributed by atoms with van der Waals surface area (Å²) in [6.07, 6.45) is 6.97. The van der Waals surface area contributed by atoms with Crippen molar-refractivity contribution < 1.29 is 24.2 Å². The third kappa shape index (κ3) is 4.33. The summed E-state index contributed by atoms with van der Waals surface area (Å²) in [4.78, 5) is 25.4. The first-order valence-electron chi connectivity index (χ1n) is 11.1. The number of benzene rings is 2. The van der Waals surface area contributed by atoms with Gasteiger partial charge in [0.1, 0.15) is 5.56 Å². The summed E-state index contributed by atoms with van der Waals surface area (Å²) in [5, 5.41) is 14.1. The van der Waals surface area contributed by atoms with E-state index in [4.69, 9.17) is 15.2 Å². The van der Waals surface area contributed by atoms with Gasteiger partial charge in [0.15, 0.2) is 11.5 Å². The number of primary amides is 1. The standard InChI is InChI=1S/C25H29N3O5/c1-32-20-12-10-17(14-21(20)33-2)27-23(29)22-18-13-16(15-7-5-3-4-6-8-15)9-11-19(18)28(24(22)30)25(26)31/h9-15,30H,3-8H2,1-2H3,(H2,26,31)(H,27,29). The van der Waals surface area contributed by atoms with Crippen LogP contribution in [0.1, 0.15) is 60.4 Å². The third-order valence-electron chi connectivity index (χ3n) is 6.38. The highest BCUT2D eigenvalue weighted by Gasteiger charge is 2.26. The zero-order valence-electron chi connectivity index (χ0n) is 18.9. The Morgan fingerprint density at radius 2 is 1.70 bits per heavy atom. The minimum Gasteiger partial charge on any atom is -0.494 e. The van der Waals surface area contributed by atoms with Gasteiger partial charge in [-0.05, 0) is 48.6 Å². The van der Waals surface area contributed by atoms with Crippen molar-refractivity contribution in [3.8, 4) is 17.4 Å². The van der Waals surface area contributed by atoms with E-state index in [1.54, 1.807) is 24.3 Å². The molecule has 0 radical (unpaired) electrons. The molecule has 4 rings (SSSR count). The van der Waals surface area contributed by atoms with E-state index >= 15 is 0 Å². The number of anilines is 1. The maximum absolute atomic E-state index is 13.3. The molecule has 0 saturated heterocycles. The van der Waals surface area contributed by atoms with Crippen LogP contribution < -0.4 is 20.5 Å². The van der Waals surface area contributed by atoms with E-state index in [1.807, 2.05) is 12.1 Å². The lowest BCUT2D eigenvalue weighted by Gasteiger charge is -2.15. The van der Waals surface area contributed by atoms with Crippen molar-refractivity contribution in [2.24, 2.45) is 5.73 Å². The third-order valence-corrected chi connectivity index (χ3v) is 6.38. The van der Waals surface area contributed by atoms with Crippen LogP contribution in [0.5, 0.6) is 17.4 Å². The number of rotatable bonds is 5. The van der Waals surface area contributed by atoms with Crippen molar-refractivity contribution >= 4 is 28.5 Å². The predicted octanol–water partition coefficient (Wildman–Crippen LogP) is 4.98. The number of aromatic nitrogens is 1. The molecule has 0 spiro atoms. The average Bonchev–Trinajstić information content (AvgIpc) is 2.94. The Labute approximate surface area is 192 Å². The zero-order chi connectivity index (χ0) is 23.5. The lowest BCUT2D eigenvalue weighted by atomic mass is 9.90. The first-order chi connectivity index (χ1) is 15.9. The molecular weight excluding hydrogens is 422 g/mol. The van der Waals surface area contributed by atoms with Crippen LogP contribution in [-0.4, -0.2) is 35.8 Å². The fraction of sp³-hybridized carbons (Fsp3) is 0.360. The summed E-state index contributed by atoms with van der Waals surface area (Å²) in [6.45, 7) is 0. The maximum Gasteiger partial charge on any atom is 0.326 e. The summed E-state index contributed by atoms with van der Waals surface area (Å²) in [5.74, 6) is 0.334. The van der Waals surface area contributed by atoms with E-state index in [0.717, 1.165) is 23.0 Å². The van der Waals surface area contributed by atoms with Crippen LogP contribution in [-0.2, 0) is 0 Å². The Kier molecular flexibility index (Phi) is 6.44. The molecular formula is C25H29N3O5. The van der Waals surface area contributed by atoms with Gasteiger partial charge in [-0.25, -0.2) is 9.36 Å². The molecule has 2 aromatic carbocycles. The predicted molar refractivity (Wildman–Crippen MR) is 127 cm³/mol. The van der Waals surface area contributed by atoms with Crippen LogP contribution in [0.3, 0.4) is 0 Å². The Morgan fingerprint density at radius 3 is 2.33 bits per heavy atom.